The summed E-state index contributed by atoms with van der Waals surface area (Å²) in [5.41, 5.74) is 1.53. The molecule has 0 bridgehead atoms. The molecule has 7 nitrogen and oxygen atoms in total. The molecule has 23 heavy (non-hydrogen) atoms. The molecule has 0 aliphatic rings. The van der Waals surface area contributed by atoms with Crippen molar-refractivity contribution in [2.75, 3.05) is 17.5 Å². The summed E-state index contributed by atoms with van der Waals surface area (Å²) in [6, 6.07) is 6.79. The summed E-state index contributed by atoms with van der Waals surface area (Å²) in [5, 5.41) is 13.9. The Hall–Kier alpha value is -2.13. The van der Waals surface area contributed by atoms with E-state index in [9.17, 15) is 18.3 Å². The molecule has 0 aliphatic carbocycles. The van der Waals surface area contributed by atoms with Gasteiger partial charge in [-0.15, -0.1) is 11.3 Å². The van der Waals surface area contributed by atoms with Crippen molar-refractivity contribution in [3.63, 3.8) is 0 Å². The Morgan fingerprint density at radius 3 is 2.65 bits per heavy atom. The predicted octanol–water partition coefficient (Wildman–Crippen LogP) is 1.12. The third-order valence-electron chi connectivity index (χ3n) is 2.84. The molecule has 124 valence electrons. The second-order valence-corrected chi connectivity index (χ2v) is 7.57. The van der Waals surface area contributed by atoms with E-state index >= 15 is 0 Å². The summed E-state index contributed by atoms with van der Waals surface area (Å²) in [7, 11) is -3.36. The molecule has 1 aromatic carbocycles. The lowest BCUT2D eigenvalue weighted by molar-refractivity contribution is -0.120. The number of nitrogens with one attached hydrogen (secondary N) is 2. The van der Waals surface area contributed by atoms with Crippen LogP contribution in [0.5, 0.6) is 5.75 Å². The molecule has 0 saturated carbocycles. The molecule has 0 saturated heterocycles. The highest BCUT2D eigenvalue weighted by atomic mass is 32.2. The third-order valence-corrected chi connectivity index (χ3v) is 4.34. The first-order valence-electron chi connectivity index (χ1n) is 6.78. The number of aromatic hydroxyl groups is 1. The van der Waals surface area contributed by atoms with Gasteiger partial charge in [0.2, 0.25) is 15.9 Å². The summed E-state index contributed by atoms with van der Waals surface area (Å²) >= 11 is 1.14. The molecule has 1 amide bonds. The number of carbonyl (C=O) groups is 1. The van der Waals surface area contributed by atoms with Crippen LogP contribution in [0.25, 0.3) is 0 Å². The minimum atomic E-state index is -3.36. The molecular weight excluding hydrogens is 338 g/mol. The summed E-state index contributed by atoms with van der Waals surface area (Å²) in [6.45, 7) is 0.474. The van der Waals surface area contributed by atoms with Crippen molar-refractivity contribution in [2.45, 2.75) is 12.8 Å². The van der Waals surface area contributed by atoms with E-state index in [0.29, 0.717) is 18.7 Å². The summed E-state index contributed by atoms with van der Waals surface area (Å²) < 4.78 is 24.5. The summed E-state index contributed by atoms with van der Waals surface area (Å²) in [5.74, 6) is 0.0276. The van der Waals surface area contributed by atoms with Crippen LogP contribution in [-0.4, -0.2) is 37.2 Å². The summed E-state index contributed by atoms with van der Waals surface area (Å²) in [4.78, 5) is 15.9. The average Bonchev–Trinajstić information content (AvgIpc) is 2.86. The maximum Gasteiger partial charge on any atom is 0.231 e. The molecule has 0 atom stereocenters. The number of phenolic OH excluding ortho intramolecular Hbond substituents is 1. The van der Waals surface area contributed by atoms with Crippen molar-refractivity contribution in [3.8, 4) is 5.75 Å². The van der Waals surface area contributed by atoms with Crippen LogP contribution in [0, 0.1) is 0 Å². The molecule has 0 radical (unpaired) electrons. The SMILES string of the molecule is CS(=O)(=O)Nc1nc(CC(=O)NCCc2ccc(O)cc2)cs1. The van der Waals surface area contributed by atoms with E-state index in [4.69, 9.17) is 0 Å². The van der Waals surface area contributed by atoms with Gasteiger partial charge in [-0.25, -0.2) is 13.4 Å². The van der Waals surface area contributed by atoms with Crippen LogP contribution in [0.4, 0.5) is 5.13 Å². The van der Waals surface area contributed by atoms with Crippen molar-refractivity contribution in [1.82, 2.24) is 10.3 Å². The van der Waals surface area contributed by atoms with Gasteiger partial charge in [0, 0.05) is 11.9 Å². The Morgan fingerprint density at radius 2 is 2.00 bits per heavy atom. The first-order chi connectivity index (χ1) is 10.8. The number of nitrogens with zero attached hydrogens (tertiary/aromatic N) is 1. The zero-order chi connectivity index (χ0) is 16.9. The smallest absolute Gasteiger partial charge is 0.231 e. The maximum absolute atomic E-state index is 11.8. The van der Waals surface area contributed by atoms with Gasteiger partial charge in [-0.05, 0) is 24.1 Å². The monoisotopic (exact) mass is 355 g/mol. The molecule has 0 fully saturated rings. The van der Waals surface area contributed by atoms with Gasteiger partial charge in [0.1, 0.15) is 5.75 Å². The Morgan fingerprint density at radius 1 is 1.30 bits per heavy atom. The number of phenols is 1. The van der Waals surface area contributed by atoms with E-state index < -0.39 is 10.0 Å². The predicted molar refractivity (Wildman–Crippen MR) is 89.1 cm³/mol. The highest BCUT2D eigenvalue weighted by Gasteiger charge is 2.10. The zero-order valence-electron chi connectivity index (χ0n) is 12.4. The molecule has 1 aromatic heterocycles. The topological polar surface area (TPSA) is 108 Å². The van der Waals surface area contributed by atoms with Gasteiger partial charge in [0.15, 0.2) is 5.13 Å². The Bertz CT molecular complexity index is 770. The van der Waals surface area contributed by atoms with Crippen LogP contribution >= 0.6 is 11.3 Å². The number of rotatable bonds is 7. The quantitative estimate of drug-likeness (QED) is 0.690. The molecule has 2 rings (SSSR count). The summed E-state index contributed by atoms with van der Waals surface area (Å²) in [6.07, 6.45) is 1.80. The Labute approximate surface area is 138 Å². The van der Waals surface area contributed by atoms with Gasteiger partial charge in [-0.2, -0.15) is 0 Å². The van der Waals surface area contributed by atoms with E-state index in [1.165, 1.54) is 0 Å². The molecule has 0 spiro atoms. The van der Waals surface area contributed by atoms with Gasteiger partial charge in [0.25, 0.3) is 0 Å². The fourth-order valence-corrected chi connectivity index (χ4v) is 3.39. The number of hydrogen-bond acceptors (Lipinski definition) is 6. The lowest BCUT2D eigenvalue weighted by Gasteiger charge is -2.04. The second kappa shape index (κ2) is 7.42. The van der Waals surface area contributed by atoms with Gasteiger partial charge in [-0.3, -0.25) is 9.52 Å². The highest BCUT2D eigenvalue weighted by Crippen LogP contribution is 2.16. The maximum atomic E-state index is 11.8. The number of amides is 1. The first kappa shape index (κ1) is 17.2. The van der Waals surface area contributed by atoms with Crippen LogP contribution in [0.2, 0.25) is 0 Å². The van der Waals surface area contributed by atoms with E-state index in [0.717, 1.165) is 23.2 Å². The van der Waals surface area contributed by atoms with Crippen molar-refractivity contribution < 1.29 is 18.3 Å². The second-order valence-electron chi connectivity index (χ2n) is 4.96. The van der Waals surface area contributed by atoms with Crippen molar-refractivity contribution in [1.29, 1.82) is 0 Å². The lowest BCUT2D eigenvalue weighted by atomic mass is 10.1. The lowest BCUT2D eigenvalue weighted by Crippen LogP contribution is -2.27. The van der Waals surface area contributed by atoms with Crippen molar-refractivity contribution in [2.24, 2.45) is 0 Å². The van der Waals surface area contributed by atoms with Gasteiger partial charge in [-0.1, -0.05) is 12.1 Å². The highest BCUT2D eigenvalue weighted by molar-refractivity contribution is 7.92. The largest absolute Gasteiger partial charge is 0.508 e. The molecule has 0 unspecified atom stereocenters. The average molecular weight is 355 g/mol. The van der Waals surface area contributed by atoms with Crippen molar-refractivity contribution >= 4 is 32.4 Å². The number of aromatic nitrogens is 1. The number of hydrogen-bond donors (Lipinski definition) is 3. The number of anilines is 1. The fourth-order valence-electron chi connectivity index (χ4n) is 1.83. The van der Waals surface area contributed by atoms with E-state index in [1.54, 1.807) is 29.6 Å². The number of benzene rings is 1. The normalized spacial score (nSPS) is 11.2. The fraction of sp³-hybridized carbons (Fsp3) is 0.286. The Kier molecular flexibility index (Phi) is 5.56. The minimum absolute atomic E-state index is 0.0948. The van der Waals surface area contributed by atoms with Gasteiger partial charge >= 0.3 is 0 Å². The standard InChI is InChI=1S/C14H17N3O4S2/c1-23(20,21)17-14-16-11(9-22-14)8-13(19)15-7-6-10-2-4-12(18)5-3-10/h2-5,9,18H,6-8H2,1H3,(H,15,19)(H,16,17). The molecule has 2 aromatic rings. The minimum Gasteiger partial charge on any atom is -0.508 e. The van der Waals surface area contributed by atoms with Crippen LogP contribution in [-0.2, 0) is 27.7 Å². The van der Waals surface area contributed by atoms with Crippen LogP contribution in [0.15, 0.2) is 29.6 Å². The Balaban J connectivity index is 1.77. The van der Waals surface area contributed by atoms with E-state index in [-0.39, 0.29) is 23.2 Å². The van der Waals surface area contributed by atoms with Crippen LogP contribution in [0.3, 0.4) is 0 Å². The molecular formula is C14H17N3O4S2. The van der Waals surface area contributed by atoms with E-state index in [2.05, 4.69) is 15.0 Å². The number of carbonyl (C=O) groups excluding carboxylic acids is 1. The van der Waals surface area contributed by atoms with Crippen LogP contribution in [0.1, 0.15) is 11.3 Å². The zero-order valence-corrected chi connectivity index (χ0v) is 14.1. The van der Waals surface area contributed by atoms with Crippen molar-refractivity contribution in [3.05, 3.63) is 40.9 Å². The van der Waals surface area contributed by atoms with Crippen LogP contribution < -0.4 is 10.0 Å². The molecule has 3 N–H and O–H groups in total. The van der Waals surface area contributed by atoms with E-state index in [1.807, 2.05) is 0 Å². The number of sulfonamides is 1. The molecule has 1 heterocycles. The van der Waals surface area contributed by atoms with Gasteiger partial charge in [0.05, 0.1) is 18.4 Å². The molecule has 0 aliphatic heterocycles. The molecule has 9 heteroatoms. The third kappa shape index (κ3) is 6.25. The van der Waals surface area contributed by atoms with Gasteiger partial charge < -0.3 is 10.4 Å². The number of thiazole rings is 1. The first-order valence-corrected chi connectivity index (χ1v) is 9.56.